The molecule has 2 aromatic rings. The first-order chi connectivity index (χ1) is 14.2. The average Bonchev–Trinajstić information content (AvgIpc) is 3.07. The second-order valence-corrected chi connectivity index (χ2v) is 11.1. The van der Waals surface area contributed by atoms with Crippen molar-refractivity contribution in [3.8, 4) is 0 Å². The molecule has 1 aromatic heterocycles. The summed E-state index contributed by atoms with van der Waals surface area (Å²) in [6.45, 7) is 9.24. The number of carbonyl (C=O) groups excluding carboxylic acids is 1. The highest BCUT2D eigenvalue weighted by atomic mass is 32.1. The lowest BCUT2D eigenvalue weighted by Gasteiger charge is -2.53. The van der Waals surface area contributed by atoms with Gasteiger partial charge < -0.3 is 10.0 Å². The molecule has 0 aliphatic heterocycles. The average molecular weight is 427 g/mol. The third-order valence-corrected chi connectivity index (χ3v) is 8.69. The maximum absolute atomic E-state index is 13.2. The van der Waals surface area contributed by atoms with Gasteiger partial charge in [0.25, 0.3) is 0 Å². The predicted octanol–water partition coefficient (Wildman–Crippen LogP) is 4.80. The van der Waals surface area contributed by atoms with E-state index in [0.717, 1.165) is 29.8 Å². The van der Waals surface area contributed by atoms with E-state index < -0.39 is 6.10 Å². The summed E-state index contributed by atoms with van der Waals surface area (Å²) in [4.78, 5) is 21.2. The lowest BCUT2D eigenvalue weighted by atomic mass is 9.53. The first-order valence-corrected chi connectivity index (χ1v) is 12.0. The first kappa shape index (κ1) is 21.5. The van der Waals surface area contributed by atoms with E-state index in [1.54, 1.807) is 0 Å². The van der Waals surface area contributed by atoms with Crippen molar-refractivity contribution in [3.05, 3.63) is 51.5 Å². The van der Waals surface area contributed by atoms with Gasteiger partial charge in [0.05, 0.1) is 16.8 Å². The predicted molar refractivity (Wildman–Crippen MR) is 121 cm³/mol. The Bertz CT molecular complexity index is 911. The van der Waals surface area contributed by atoms with Gasteiger partial charge in [0, 0.05) is 30.3 Å². The molecule has 2 aliphatic carbocycles. The van der Waals surface area contributed by atoms with E-state index in [1.807, 2.05) is 60.5 Å². The van der Waals surface area contributed by atoms with E-state index in [9.17, 15) is 9.90 Å². The van der Waals surface area contributed by atoms with Gasteiger partial charge in [-0.25, -0.2) is 4.98 Å². The number of amides is 1. The second kappa shape index (κ2) is 8.08. The van der Waals surface area contributed by atoms with E-state index in [0.29, 0.717) is 6.54 Å². The molecule has 1 heterocycles. The van der Waals surface area contributed by atoms with Crippen molar-refractivity contribution < 1.29 is 9.90 Å². The molecular weight excluding hydrogens is 392 g/mol. The molecule has 1 amide bonds. The molecule has 1 N–H and O–H groups in total. The van der Waals surface area contributed by atoms with Crippen LogP contribution in [0, 0.1) is 30.1 Å². The summed E-state index contributed by atoms with van der Waals surface area (Å²) in [5.74, 6) is 0.313. The maximum atomic E-state index is 13.2. The van der Waals surface area contributed by atoms with Crippen molar-refractivity contribution in [2.75, 3.05) is 7.05 Å². The van der Waals surface area contributed by atoms with Crippen molar-refractivity contribution in [1.29, 1.82) is 0 Å². The van der Waals surface area contributed by atoms with Crippen LogP contribution in [-0.2, 0) is 17.8 Å². The zero-order chi connectivity index (χ0) is 21.6. The highest BCUT2D eigenvalue weighted by Crippen LogP contribution is 2.57. The number of rotatable bonds is 4. The van der Waals surface area contributed by atoms with Gasteiger partial charge in [0.15, 0.2) is 0 Å². The lowest BCUT2D eigenvalue weighted by Crippen LogP contribution is -2.53. The quantitative estimate of drug-likeness (QED) is 0.764. The molecule has 1 fully saturated rings. The van der Waals surface area contributed by atoms with E-state index in [1.165, 1.54) is 10.6 Å². The van der Waals surface area contributed by atoms with Crippen LogP contribution in [0.25, 0.3) is 0 Å². The Morgan fingerprint density at radius 2 is 2.07 bits per heavy atom. The number of benzene rings is 1. The Morgan fingerprint density at radius 3 is 2.77 bits per heavy atom. The molecule has 1 aromatic carbocycles. The third-order valence-electron chi connectivity index (χ3n) is 7.70. The van der Waals surface area contributed by atoms with Gasteiger partial charge in [0.2, 0.25) is 5.91 Å². The third kappa shape index (κ3) is 3.71. The summed E-state index contributed by atoms with van der Waals surface area (Å²) in [6, 6.07) is 10.1. The Hall–Kier alpha value is -1.72. The fourth-order valence-electron chi connectivity index (χ4n) is 6.13. The van der Waals surface area contributed by atoms with E-state index in [4.69, 9.17) is 4.98 Å². The zero-order valence-electron chi connectivity index (χ0n) is 18.8. The molecule has 0 radical (unpaired) electrons. The number of nitrogens with zero attached hydrogens (tertiary/aromatic N) is 2. The van der Waals surface area contributed by atoms with Crippen LogP contribution >= 0.6 is 11.3 Å². The van der Waals surface area contributed by atoms with Gasteiger partial charge >= 0.3 is 0 Å². The summed E-state index contributed by atoms with van der Waals surface area (Å²) < 4.78 is 0. The van der Waals surface area contributed by atoms with Crippen LogP contribution in [-0.4, -0.2) is 34.0 Å². The van der Waals surface area contributed by atoms with Crippen LogP contribution in [0.5, 0.6) is 0 Å². The number of fused-ring (bicyclic) bond motifs is 2. The van der Waals surface area contributed by atoms with Crippen LogP contribution in [0.1, 0.15) is 60.7 Å². The van der Waals surface area contributed by atoms with Crippen LogP contribution in [0.3, 0.4) is 0 Å². The Kier molecular flexibility index (Phi) is 5.80. The molecule has 0 bridgehead atoms. The normalized spacial score (nSPS) is 31.5. The molecule has 4 rings (SSSR count). The van der Waals surface area contributed by atoms with Gasteiger partial charge in [-0.2, -0.15) is 0 Å². The van der Waals surface area contributed by atoms with E-state index >= 15 is 0 Å². The summed E-state index contributed by atoms with van der Waals surface area (Å²) in [6.07, 6.45) is 2.49. The first-order valence-electron chi connectivity index (χ1n) is 11.1. The second-order valence-electron chi connectivity index (χ2n) is 9.85. The molecule has 0 spiro atoms. The summed E-state index contributed by atoms with van der Waals surface area (Å²) in [5.41, 5.74) is 2.39. The van der Waals surface area contributed by atoms with Crippen molar-refractivity contribution in [2.24, 2.45) is 23.2 Å². The summed E-state index contributed by atoms with van der Waals surface area (Å²) in [7, 11) is 1.87. The Labute approximate surface area is 184 Å². The number of carbonyl (C=O) groups is 1. The zero-order valence-corrected chi connectivity index (χ0v) is 19.6. The number of aryl methyl sites for hydroxylation is 1. The fraction of sp³-hybridized carbons (Fsp3) is 0.600. The molecule has 4 nitrogen and oxygen atoms in total. The van der Waals surface area contributed by atoms with Gasteiger partial charge in [-0.1, -0.05) is 51.1 Å². The highest BCUT2D eigenvalue weighted by molar-refractivity contribution is 7.11. The van der Waals surface area contributed by atoms with Crippen LogP contribution < -0.4 is 0 Å². The largest absolute Gasteiger partial charge is 0.392 e. The highest BCUT2D eigenvalue weighted by Gasteiger charge is 2.53. The molecular formula is C25H34N2O2S. The van der Waals surface area contributed by atoms with Crippen molar-refractivity contribution in [2.45, 2.75) is 65.5 Å². The Morgan fingerprint density at radius 1 is 1.37 bits per heavy atom. The molecule has 0 unspecified atom stereocenters. The molecule has 0 saturated heterocycles. The minimum atomic E-state index is -0.474. The molecule has 162 valence electrons. The molecule has 2 aliphatic rings. The number of thiazole rings is 1. The number of aliphatic hydroxyl groups is 1. The van der Waals surface area contributed by atoms with E-state index in [2.05, 4.69) is 20.8 Å². The number of aromatic nitrogens is 1. The van der Waals surface area contributed by atoms with Crippen LogP contribution in [0.4, 0.5) is 0 Å². The number of hydrogen-bond donors (Lipinski definition) is 1. The van der Waals surface area contributed by atoms with Crippen molar-refractivity contribution >= 4 is 17.2 Å². The SMILES string of the molecule is Cc1nc2c(s1)C[C@]1(C)CC[C@H]([C@H](C)C(=O)N(C)Cc3ccccc3)[C@H](O)[C@H]1[C@@H]2C. The van der Waals surface area contributed by atoms with E-state index in [-0.39, 0.29) is 35.0 Å². The standard InChI is InChI=1S/C25H34N2O2S/c1-15(24(29)27(5)14-18-9-7-6-8-10-18)19-11-12-25(4)13-20-22(26-17(3)30-20)16(2)21(25)23(19)28/h6-10,15-16,19,21,23,28H,11-14H2,1-5H3/t15-,16-,19+,21+,23-,25-/m0/s1. The van der Waals surface area contributed by atoms with Crippen molar-refractivity contribution in [3.63, 3.8) is 0 Å². The van der Waals surface area contributed by atoms with Crippen LogP contribution in [0.15, 0.2) is 30.3 Å². The van der Waals surface area contributed by atoms with Crippen molar-refractivity contribution in [1.82, 2.24) is 9.88 Å². The maximum Gasteiger partial charge on any atom is 0.225 e. The van der Waals surface area contributed by atoms with Gasteiger partial charge in [-0.05, 0) is 49.0 Å². The smallest absolute Gasteiger partial charge is 0.225 e. The Balaban J connectivity index is 1.51. The molecule has 5 heteroatoms. The lowest BCUT2D eigenvalue weighted by molar-refractivity contribution is -0.144. The minimum absolute atomic E-state index is 0.00229. The fourth-order valence-corrected chi connectivity index (χ4v) is 7.37. The topological polar surface area (TPSA) is 53.4 Å². The number of aliphatic hydroxyl groups excluding tert-OH is 1. The summed E-state index contributed by atoms with van der Waals surface area (Å²) >= 11 is 1.81. The monoisotopic (exact) mass is 426 g/mol. The number of hydrogen-bond acceptors (Lipinski definition) is 4. The van der Waals surface area contributed by atoms with Gasteiger partial charge in [0.1, 0.15) is 0 Å². The molecule has 1 saturated carbocycles. The molecule has 30 heavy (non-hydrogen) atoms. The van der Waals surface area contributed by atoms with Crippen LogP contribution in [0.2, 0.25) is 0 Å². The van der Waals surface area contributed by atoms with Gasteiger partial charge in [-0.3, -0.25) is 4.79 Å². The minimum Gasteiger partial charge on any atom is -0.392 e. The van der Waals surface area contributed by atoms with Gasteiger partial charge in [-0.15, -0.1) is 11.3 Å². The summed E-state index contributed by atoms with van der Waals surface area (Å²) in [5, 5.41) is 12.6. The molecule has 6 atom stereocenters.